The summed E-state index contributed by atoms with van der Waals surface area (Å²) in [7, 11) is 1.63. The van der Waals surface area contributed by atoms with Gasteiger partial charge in [-0.2, -0.15) is 0 Å². The Labute approximate surface area is 191 Å². The Balaban J connectivity index is 1.56. The number of amides is 1. The second-order valence-corrected chi connectivity index (χ2v) is 8.84. The number of rotatable bonds is 11. The molecule has 0 spiro atoms. The molecule has 1 aliphatic rings. The lowest BCUT2D eigenvalue weighted by Gasteiger charge is -2.24. The number of hydrogen-bond donors (Lipinski definition) is 4. The van der Waals surface area contributed by atoms with Gasteiger partial charge in [0.05, 0.1) is 19.3 Å². The lowest BCUT2D eigenvalue weighted by molar-refractivity contribution is 0.117. The number of methoxy groups -OCH3 is 1. The molecule has 6 nitrogen and oxygen atoms in total. The molecule has 0 saturated heterocycles. The van der Waals surface area contributed by atoms with Crippen LogP contribution in [-0.2, 0) is 19.4 Å². The second kappa shape index (κ2) is 12.5. The van der Waals surface area contributed by atoms with E-state index in [0.29, 0.717) is 13.0 Å². The van der Waals surface area contributed by atoms with Crippen molar-refractivity contribution in [2.45, 2.75) is 63.6 Å². The van der Waals surface area contributed by atoms with E-state index in [1.165, 1.54) is 37.7 Å². The molecule has 0 bridgehead atoms. The van der Waals surface area contributed by atoms with Crippen molar-refractivity contribution in [1.82, 2.24) is 10.6 Å². The predicted octanol–water partition coefficient (Wildman–Crippen LogP) is 4.15. The van der Waals surface area contributed by atoms with Crippen molar-refractivity contribution >= 4 is 6.09 Å². The maximum Gasteiger partial charge on any atom is 0.404 e. The minimum Gasteiger partial charge on any atom is -0.497 e. The number of nitrogens with one attached hydrogen (secondary N) is 2. The summed E-state index contributed by atoms with van der Waals surface area (Å²) in [6, 6.07) is 15.5. The van der Waals surface area contributed by atoms with E-state index >= 15 is 0 Å². The van der Waals surface area contributed by atoms with Crippen LogP contribution in [0, 0.1) is 5.92 Å². The van der Waals surface area contributed by atoms with Crippen LogP contribution in [0.15, 0.2) is 48.5 Å². The third-order valence-corrected chi connectivity index (χ3v) is 6.29. The summed E-state index contributed by atoms with van der Waals surface area (Å²) >= 11 is 0. The molecule has 174 valence electrons. The highest BCUT2D eigenvalue weighted by Crippen LogP contribution is 2.27. The fraction of sp³-hybridized carbons (Fsp3) is 0.500. The highest BCUT2D eigenvalue weighted by Gasteiger charge is 2.22. The number of carboxylic acid groups (broad SMARTS) is 1. The van der Waals surface area contributed by atoms with Gasteiger partial charge in [0.2, 0.25) is 0 Å². The summed E-state index contributed by atoms with van der Waals surface area (Å²) < 4.78 is 5.24. The SMILES string of the molecule is COc1cccc(CNC[C@H](O)[C@H](Cc2cccc(CC3CCCCC3)c2)NC(=O)O)c1. The van der Waals surface area contributed by atoms with Gasteiger partial charge >= 0.3 is 6.09 Å². The van der Waals surface area contributed by atoms with Crippen molar-refractivity contribution in [2.75, 3.05) is 13.7 Å². The third kappa shape index (κ3) is 7.84. The minimum atomic E-state index is -1.12. The van der Waals surface area contributed by atoms with E-state index in [1.807, 2.05) is 36.4 Å². The minimum absolute atomic E-state index is 0.282. The molecule has 1 fully saturated rings. The van der Waals surface area contributed by atoms with Gasteiger partial charge in [-0.3, -0.25) is 0 Å². The fourth-order valence-electron chi connectivity index (χ4n) is 4.59. The van der Waals surface area contributed by atoms with E-state index in [1.54, 1.807) is 7.11 Å². The van der Waals surface area contributed by atoms with Crippen molar-refractivity contribution < 1.29 is 19.7 Å². The van der Waals surface area contributed by atoms with Gasteiger partial charge < -0.3 is 25.6 Å². The molecular weight excluding hydrogens is 404 g/mol. The number of benzene rings is 2. The number of ether oxygens (including phenoxy) is 1. The van der Waals surface area contributed by atoms with Crippen molar-refractivity contribution in [3.05, 3.63) is 65.2 Å². The summed E-state index contributed by atoms with van der Waals surface area (Å²) in [6.07, 6.45) is 6.15. The molecule has 0 unspecified atom stereocenters. The largest absolute Gasteiger partial charge is 0.497 e. The normalized spacial score (nSPS) is 16.3. The lowest BCUT2D eigenvalue weighted by Crippen LogP contribution is -2.48. The summed E-state index contributed by atoms with van der Waals surface area (Å²) in [4.78, 5) is 11.3. The number of aliphatic hydroxyl groups is 1. The molecule has 1 amide bonds. The lowest BCUT2D eigenvalue weighted by atomic mass is 9.84. The van der Waals surface area contributed by atoms with Gasteiger partial charge in [-0.1, -0.05) is 68.5 Å². The summed E-state index contributed by atoms with van der Waals surface area (Å²) in [5, 5.41) is 25.7. The van der Waals surface area contributed by atoms with E-state index in [2.05, 4.69) is 22.8 Å². The van der Waals surface area contributed by atoms with Gasteiger partial charge in [0, 0.05) is 13.1 Å². The quantitative estimate of drug-likeness (QED) is 0.421. The molecule has 2 atom stereocenters. The molecule has 2 aromatic rings. The summed E-state index contributed by atoms with van der Waals surface area (Å²) in [5.41, 5.74) is 3.38. The molecule has 1 saturated carbocycles. The van der Waals surface area contributed by atoms with Crippen LogP contribution in [0.4, 0.5) is 4.79 Å². The van der Waals surface area contributed by atoms with Crippen LogP contribution >= 0.6 is 0 Å². The van der Waals surface area contributed by atoms with Crippen LogP contribution in [0.1, 0.15) is 48.8 Å². The van der Waals surface area contributed by atoms with Gasteiger partial charge in [0.1, 0.15) is 5.75 Å². The Hall–Kier alpha value is -2.57. The van der Waals surface area contributed by atoms with Gasteiger partial charge in [0.25, 0.3) is 0 Å². The average Bonchev–Trinajstić information content (AvgIpc) is 2.79. The molecule has 0 heterocycles. The van der Waals surface area contributed by atoms with Gasteiger partial charge in [-0.05, 0) is 47.6 Å². The molecule has 0 aliphatic heterocycles. The first-order chi connectivity index (χ1) is 15.5. The molecule has 3 rings (SSSR count). The summed E-state index contributed by atoms with van der Waals surface area (Å²) in [6.45, 7) is 0.842. The number of hydrogen-bond acceptors (Lipinski definition) is 4. The van der Waals surface area contributed by atoms with Gasteiger partial charge in [-0.15, -0.1) is 0 Å². The fourth-order valence-corrected chi connectivity index (χ4v) is 4.59. The van der Waals surface area contributed by atoms with Crippen LogP contribution in [0.5, 0.6) is 5.75 Å². The first-order valence-corrected chi connectivity index (χ1v) is 11.6. The Morgan fingerprint density at radius 1 is 1.06 bits per heavy atom. The Morgan fingerprint density at radius 2 is 1.78 bits per heavy atom. The molecule has 6 heteroatoms. The monoisotopic (exact) mass is 440 g/mol. The van der Waals surface area contributed by atoms with Crippen molar-refractivity contribution in [3.8, 4) is 5.75 Å². The van der Waals surface area contributed by atoms with Crippen molar-refractivity contribution in [3.63, 3.8) is 0 Å². The van der Waals surface area contributed by atoms with Crippen LogP contribution in [0.25, 0.3) is 0 Å². The highest BCUT2D eigenvalue weighted by molar-refractivity contribution is 5.65. The maximum absolute atomic E-state index is 11.3. The number of aliphatic hydroxyl groups excluding tert-OH is 1. The number of carbonyl (C=O) groups is 1. The molecule has 2 aromatic carbocycles. The van der Waals surface area contributed by atoms with Crippen molar-refractivity contribution in [1.29, 1.82) is 0 Å². The zero-order valence-electron chi connectivity index (χ0n) is 18.9. The molecule has 4 N–H and O–H groups in total. The smallest absolute Gasteiger partial charge is 0.404 e. The van der Waals surface area contributed by atoms with E-state index in [0.717, 1.165) is 29.2 Å². The standard InChI is InChI=1S/C26H36N2O4/c1-32-23-12-6-11-22(15-23)17-27-18-25(29)24(28-26(30)31)16-21-10-5-9-20(14-21)13-19-7-3-2-4-8-19/h5-6,9-12,14-15,19,24-25,27-29H,2-4,7-8,13,16-18H2,1H3,(H,30,31)/t24-,25-/m0/s1. The zero-order valence-corrected chi connectivity index (χ0v) is 18.9. The van der Waals surface area contributed by atoms with E-state index in [-0.39, 0.29) is 6.54 Å². The Bertz CT molecular complexity index is 851. The maximum atomic E-state index is 11.3. The molecule has 0 radical (unpaired) electrons. The third-order valence-electron chi connectivity index (χ3n) is 6.29. The first-order valence-electron chi connectivity index (χ1n) is 11.6. The molecule has 1 aliphatic carbocycles. The highest BCUT2D eigenvalue weighted by atomic mass is 16.5. The molecule has 0 aromatic heterocycles. The Morgan fingerprint density at radius 3 is 2.53 bits per heavy atom. The van der Waals surface area contributed by atoms with Crippen LogP contribution in [0.3, 0.4) is 0 Å². The average molecular weight is 441 g/mol. The molecular formula is C26H36N2O4. The van der Waals surface area contributed by atoms with E-state index in [9.17, 15) is 15.0 Å². The van der Waals surface area contributed by atoms with Crippen molar-refractivity contribution in [2.24, 2.45) is 5.92 Å². The van der Waals surface area contributed by atoms with Crippen LogP contribution < -0.4 is 15.4 Å². The summed E-state index contributed by atoms with van der Waals surface area (Å²) in [5.74, 6) is 1.53. The predicted molar refractivity (Wildman–Crippen MR) is 126 cm³/mol. The van der Waals surface area contributed by atoms with E-state index < -0.39 is 18.2 Å². The second-order valence-electron chi connectivity index (χ2n) is 8.84. The molecule has 32 heavy (non-hydrogen) atoms. The van der Waals surface area contributed by atoms with Gasteiger partial charge in [-0.25, -0.2) is 4.79 Å². The van der Waals surface area contributed by atoms with E-state index in [4.69, 9.17) is 4.74 Å². The van der Waals surface area contributed by atoms with Crippen LogP contribution in [-0.4, -0.2) is 42.1 Å². The van der Waals surface area contributed by atoms with Crippen LogP contribution in [0.2, 0.25) is 0 Å². The topological polar surface area (TPSA) is 90.8 Å². The van der Waals surface area contributed by atoms with Gasteiger partial charge in [0.15, 0.2) is 0 Å². The Kier molecular flexibility index (Phi) is 9.38. The zero-order chi connectivity index (χ0) is 22.8. The first kappa shape index (κ1) is 24.1.